The number of unbranched alkanes of at least 4 members (excludes halogenated alkanes) is 1. The lowest BCUT2D eigenvalue weighted by Crippen LogP contribution is -2.30. The van der Waals surface area contributed by atoms with Crippen LogP contribution in [-0.2, 0) is 6.54 Å². The van der Waals surface area contributed by atoms with Crippen LogP contribution in [-0.4, -0.2) is 28.0 Å². The van der Waals surface area contributed by atoms with Crippen LogP contribution in [0.15, 0.2) is 11.6 Å². The molecule has 1 aliphatic rings. The van der Waals surface area contributed by atoms with Crippen molar-refractivity contribution in [1.29, 1.82) is 0 Å². The van der Waals surface area contributed by atoms with Gasteiger partial charge in [-0.3, -0.25) is 4.40 Å². The maximum atomic E-state index is 4.93. The minimum absolute atomic E-state index is 0.493. The lowest BCUT2D eigenvalue weighted by atomic mass is 10.2. The Hall–Kier alpha value is -1.07. The Balaban J connectivity index is 1.90. The molecule has 0 aliphatic heterocycles. The number of hydrogen-bond donors (Lipinski definition) is 1. The molecule has 0 saturated heterocycles. The van der Waals surface area contributed by atoms with Gasteiger partial charge in [0.15, 0.2) is 10.8 Å². The molecule has 4 nitrogen and oxygen atoms in total. The van der Waals surface area contributed by atoms with Gasteiger partial charge in [-0.2, -0.15) is 0 Å². The molecular formula is C16H26N4S. The second-order valence-electron chi connectivity index (χ2n) is 6.25. The van der Waals surface area contributed by atoms with Crippen LogP contribution < -0.4 is 10.2 Å². The summed E-state index contributed by atoms with van der Waals surface area (Å²) in [6.45, 7) is 8.68. The summed E-state index contributed by atoms with van der Waals surface area (Å²) < 4.78 is 2.26. The van der Waals surface area contributed by atoms with Crippen LogP contribution in [0.25, 0.3) is 4.96 Å². The second kappa shape index (κ2) is 6.36. The first kappa shape index (κ1) is 14.9. The molecule has 0 aromatic carbocycles. The summed E-state index contributed by atoms with van der Waals surface area (Å²) in [5.41, 5.74) is 1.32. The van der Waals surface area contributed by atoms with Crippen molar-refractivity contribution in [3.63, 3.8) is 0 Å². The Morgan fingerprint density at radius 1 is 1.48 bits per heavy atom. The van der Waals surface area contributed by atoms with E-state index in [9.17, 15) is 0 Å². The number of nitrogens with zero attached hydrogens (tertiary/aromatic N) is 3. The van der Waals surface area contributed by atoms with Crippen molar-refractivity contribution in [3.05, 3.63) is 17.3 Å². The van der Waals surface area contributed by atoms with E-state index in [1.54, 1.807) is 11.3 Å². The van der Waals surface area contributed by atoms with Crippen LogP contribution >= 0.6 is 11.3 Å². The van der Waals surface area contributed by atoms with Gasteiger partial charge in [0.2, 0.25) is 0 Å². The summed E-state index contributed by atoms with van der Waals surface area (Å²) in [6, 6.07) is 1.21. The van der Waals surface area contributed by atoms with E-state index in [4.69, 9.17) is 4.98 Å². The van der Waals surface area contributed by atoms with Gasteiger partial charge in [0.1, 0.15) is 0 Å². The maximum absolute atomic E-state index is 4.93. The fraction of sp³-hybridized carbons (Fsp3) is 0.688. The van der Waals surface area contributed by atoms with E-state index in [-0.39, 0.29) is 0 Å². The van der Waals surface area contributed by atoms with Gasteiger partial charge >= 0.3 is 0 Å². The van der Waals surface area contributed by atoms with Gasteiger partial charge < -0.3 is 10.2 Å². The molecule has 0 spiro atoms. The fourth-order valence-electron chi connectivity index (χ4n) is 2.69. The quantitative estimate of drug-likeness (QED) is 0.808. The number of nitrogens with one attached hydrogen (secondary N) is 1. The summed E-state index contributed by atoms with van der Waals surface area (Å²) in [6.07, 6.45) is 7.29. The molecule has 1 fully saturated rings. The Bertz CT molecular complexity index is 582. The SMILES string of the molecule is CCCCN(c1nc2sccn2c1CNC(C)C)C1CC1. The van der Waals surface area contributed by atoms with Crippen molar-refractivity contribution in [2.75, 3.05) is 11.4 Å². The number of thiazole rings is 1. The van der Waals surface area contributed by atoms with Crippen molar-refractivity contribution in [1.82, 2.24) is 14.7 Å². The van der Waals surface area contributed by atoms with E-state index in [0.29, 0.717) is 6.04 Å². The molecule has 2 heterocycles. The third-order valence-corrected chi connectivity index (χ3v) is 4.79. The first-order valence-electron chi connectivity index (χ1n) is 8.15. The van der Waals surface area contributed by atoms with Crippen molar-refractivity contribution in [2.24, 2.45) is 0 Å². The van der Waals surface area contributed by atoms with E-state index in [2.05, 4.69) is 47.0 Å². The molecule has 0 atom stereocenters. The smallest absolute Gasteiger partial charge is 0.195 e. The number of anilines is 1. The van der Waals surface area contributed by atoms with E-state index in [1.807, 2.05) is 0 Å². The van der Waals surface area contributed by atoms with Gasteiger partial charge in [-0.25, -0.2) is 4.98 Å². The summed E-state index contributed by atoms with van der Waals surface area (Å²) in [5, 5.41) is 5.68. The Morgan fingerprint density at radius 3 is 2.95 bits per heavy atom. The Labute approximate surface area is 131 Å². The number of imidazole rings is 1. The second-order valence-corrected chi connectivity index (χ2v) is 7.12. The molecule has 3 rings (SSSR count). The number of aromatic nitrogens is 2. The Morgan fingerprint density at radius 2 is 2.29 bits per heavy atom. The highest BCUT2D eigenvalue weighted by atomic mass is 32.1. The van der Waals surface area contributed by atoms with Crippen molar-refractivity contribution in [3.8, 4) is 0 Å². The fourth-order valence-corrected chi connectivity index (χ4v) is 3.42. The van der Waals surface area contributed by atoms with E-state index in [1.165, 1.54) is 37.2 Å². The summed E-state index contributed by atoms with van der Waals surface area (Å²) in [4.78, 5) is 8.61. The van der Waals surface area contributed by atoms with Crippen LogP contribution in [0.5, 0.6) is 0 Å². The Kier molecular flexibility index (Phi) is 4.50. The first-order chi connectivity index (χ1) is 10.2. The zero-order valence-corrected chi connectivity index (χ0v) is 14.1. The molecule has 21 heavy (non-hydrogen) atoms. The first-order valence-corrected chi connectivity index (χ1v) is 9.03. The third kappa shape index (κ3) is 3.24. The number of fused-ring (bicyclic) bond motifs is 1. The highest BCUT2D eigenvalue weighted by Crippen LogP contribution is 2.34. The summed E-state index contributed by atoms with van der Waals surface area (Å²) >= 11 is 1.73. The van der Waals surface area contributed by atoms with Crippen molar-refractivity contribution < 1.29 is 0 Å². The zero-order chi connectivity index (χ0) is 14.8. The van der Waals surface area contributed by atoms with Gasteiger partial charge in [-0.05, 0) is 19.3 Å². The van der Waals surface area contributed by atoms with Crippen LogP contribution in [0.2, 0.25) is 0 Å². The lowest BCUT2D eigenvalue weighted by molar-refractivity contribution is 0.577. The minimum atomic E-state index is 0.493. The highest BCUT2D eigenvalue weighted by Gasteiger charge is 2.32. The van der Waals surface area contributed by atoms with Gasteiger partial charge in [0.05, 0.1) is 5.69 Å². The van der Waals surface area contributed by atoms with Crippen LogP contribution in [0.4, 0.5) is 5.82 Å². The molecule has 0 amide bonds. The normalized spacial score (nSPS) is 15.2. The van der Waals surface area contributed by atoms with Gasteiger partial charge in [-0.15, -0.1) is 11.3 Å². The van der Waals surface area contributed by atoms with Crippen LogP contribution in [0.3, 0.4) is 0 Å². The topological polar surface area (TPSA) is 32.6 Å². The van der Waals surface area contributed by atoms with E-state index in [0.717, 1.165) is 24.1 Å². The molecule has 116 valence electrons. The maximum Gasteiger partial charge on any atom is 0.195 e. The molecular weight excluding hydrogens is 280 g/mol. The molecule has 0 bridgehead atoms. The molecule has 1 N–H and O–H groups in total. The standard InChI is InChI=1S/C16H26N4S/c1-4-5-8-19(13-6-7-13)15-14(11-17-12(2)3)20-9-10-21-16(20)18-15/h9-10,12-13,17H,4-8,11H2,1-3H3. The summed E-state index contributed by atoms with van der Waals surface area (Å²) in [5.74, 6) is 1.21. The summed E-state index contributed by atoms with van der Waals surface area (Å²) in [7, 11) is 0. The predicted molar refractivity (Wildman–Crippen MR) is 90.3 cm³/mol. The lowest BCUT2D eigenvalue weighted by Gasteiger charge is -2.24. The largest absolute Gasteiger partial charge is 0.352 e. The molecule has 1 aliphatic carbocycles. The minimum Gasteiger partial charge on any atom is -0.352 e. The molecule has 1 saturated carbocycles. The zero-order valence-electron chi connectivity index (χ0n) is 13.3. The third-order valence-electron chi connectivity index (χ3n) is 4.03. The van der Waals surface area contributed by atoms with E-state index < -0.39 is 0 Å². The van der Waals surface area contributed by atoms with Crippen LogP contribution in [0.1, 0.15) is 52.1 Å². The molecule has 2 aromatic rings. The number of rotatable bonds is 8. The molecule has 5 heteroatoms. The average Bonchev–Trinajstić information content (AvgIpc) is 3.08. The number of hydrogen-bond acceptors (Lipinski definition) is 4. The van der Waals surface area contributed by atoms with Gasteiger partial charge in [-0.1, -0.05) is 27.2 Å². The predicted octanol–water partition coefficient (Wildman–Crippen LogP) is 3.66. The van der Waals surface area contributed by atoms with Gasteiger partial charge in [0.25, 0.3) is 0 Å². The molecule has 0 radical (unpaired) electrons. The average molecular weight is 306 g/mol. The highest BCUT2D eigenvalue weighted by molar-refractivity contribution is 7.15. The monoisotopic (exact) mass is 306 g/mol. The van der Waals surface area contributed by atoms with Gasteiger partial charge in [0, 0.05) is 36.8 Å². The van der Waals surface area contributed by atoms with Crippen molar-refractivity contribution in [2.45, 2.75) is 65.1 Å². The van der Waals surface area contributed by atoms with E-state index >= 15 is 0 Å². The van der Waals surface area contributed by atoms with Crippen molar-refractivity contribution >= 4 is 22.1 Å². The van der Waals surface area contributed by atoms with Crippen LogP contribution in [0, 0.1) is 0 Å². The molecule has 0 unspecified atom stereocenters. The molecule has 2 aromatic heterocycles.